The summed E-state index contributed by atoms with van der Waals surface area (Å²) in [4.78, 5) is 7.57. The van der Waals surface area contributed by atoms with Crippen LogP contribution in [0.3, 0.4) is 0 Å². The maximum absolute atomic E-state index is 5.37. The summed E-state index contributed by atoms with van der Waals surface area (Å²) in [5.41, 5.74) is 0.661. The van der Waals surface area contributed by atoms with Crippen LogP contribution < -0.4 is 0 Å². The molecule has 0 aliphatic heterocycles. The number of rotatable bonds is 3. The van der Waals surface area contributed by atoms with Crippen molar-refractivity contribution in [1.82, 2.24) is 9.97 Å². The van der Waals surface area contributed by atoms with E-state index >= 15 is 0 Å². The van der Waals surface area contributed by atoms with Crippen LogP contribution in [-0.2, 0) is 10.3 Å². The Bertz CT molecular complexity index is 396. The van der Waals surface area contributed by atoms with Crippen LogP contribution in [0.4, 0.5) is 0 Å². The van der Waals surface area contributed by atoms with Crippen molar-refractivity contribution in [2.75, 3.05) is 7.11 Å². The molecule has 84 valence electrons. The minimum atomic E-state index is -0.432. The number of nitrogens with zero attached hydrogens (tertiary/aromatic N) is 1. The molecule has 0 aliphatic rings. The van der Waals surface area contributed by atoms with Crippen LogP contribution >= 0.6 is 12.2 Å². The van der Waals surface area contributed by atoms with Gasteiger partial charge in [0.25, 0.3) is 0 Å². The average molecular weight is 226 g/mol. The summed E-state index contributed by atoms with van der Waals surface area (Å²) in [6, 6.07) is 1.90. The molecule has 1 heterocycles. The summed E-state index contributed by atoms with van der Waals surface area (Å²) in [5, 5.41) is 0. The number of hydrogen-bond acceptors (Lipinski definition) is 3. The topological polar surface area (TPSA) is 37.9 Å². The summed E-state index contributed by atoms with van der Waals surface area (Å²) in [5.74, 6) is 1.18. The van der Waals surface area contributed by atoms with Crippen molar-refractivity contribution < 1.29 is 4.74 Å². The Labute approximate surface area is 95.9 Å². The number of ether oxygens (including phenoxy) is 1. The molecule has 1 aromatic rings. The SMILES string of the molecule is COC(C)(C)c1nc(=S)cc(C(C)C)[nH]1. The van der Waals surface area contributed by atoms with Gasteiger partial charge in [-0.25, -0.2) is 4.98 Å². The molecule has 0 unspecified atom stereocenters. The van der Waals surface area contributed by atoms with Crippen LogP contribution in [0.5, 0.6) is 0 Å². The lowest BCUT2D eigenvalue weighted by molar-refractivity contribution is 0.0111. The summed E-state index contributed by atoms with van der Waals surface area (Å²) in [6.45, 7) is 8.16. The van der Waals surface area contributed by atoms with Gasteiger partial charge in [-0.2, -0.15) is 0 Å². The molecule has 0 aromatic carbocycles. The van der Waals surface area contributed by atoms with Crippen molar-refractivity contribution in [2.24, 2.45) is 0 Å². The maximum Gasteiger partial charge on any atom is 0.139 e. The zero-order valence-electron chi connectivity index (χ0n) is 9.92. The van der Waals surface area contributed by atoms with Gasteiger partial charge in [0.1, 0.15) is 16.1 Å². The lowest BCUT2D eigenvalue weighted by Gasteiger charge is -2.23. The molecule has 0 saturated heterocycles. The molecule has 4 heteroatoms. The van der Waals surface area contributed by atoms with E-state index in [2.05, 4.69) is 23.8 Å². The van der Waals surface area contributed by atoms with E-state index in [9.17, 15) is 0 Å². The molecule has 0 spiro atoms. The average Bonchev–Trinajstić information content (AvgIpc) is 2.16. The standard InChI is InChI=1S/C11H18N2OS/c1-7(2)8-6-9(15)13-10(12-8)11(3,4)14-5/h6-7H,1-5H3,(H,12,13,15). The smallest absolute Gasteiger partial charge is 0.139 e. The summed E-state index contributed by atoms with van der Waals surface area (Å²) < 4.78 is 5.98. The fraction of sp³-hybridized carbons (Fsp3) is 0.636. The van der Waals surface area contributed by atoms with Gasteiger partial charge >= 0.3 is 0 Å². The fourth-order valence-electron chi connectivity index (χ4n) is 1.17. The van der Waals surface area contributed by atoms with E-state index in [1.54, 1.807) is 7.11 Å². The van der Waals surface area contributed by atoms with Gasteiger partial charge in [-0.3, -0.25) is 0 Å². The van der Waals surface area contributed by atoms with Gasteiger partial charge in [0.05, 0.1) is 0 Å². The number of aromatic nitrogens is 2. The predicted octanol–water partition coefficient (Wildman–Crippen LogP) is 3.14. The van der Waals surface area contributed by atoms with Crippen molar-refractivity contribution in [3.63, 3.8) is 0 Å². The van der Waals surface area contributed by atoms with Crippen LogP contribution in [-0.4, -0.2) is 17.1 Å². The molecule has 0 saturated carbocycles. The highest BCUT2D eigenvalue weighted by Gasteiger charge is 2.22. The lowest BCUT2D eigenvalue weighted by atomic mass is 10.1. The quantitative estimate of drug-likeness (QED) is 0.805. The molecular weight excluding hydrogens is 208 g/mol. The van der Waals surface area contributed by atoms with Crippen molar-refractivity contribution in [3.8, 4) is 0 Å². The molecule has 3 nitrogen and oxygen atoms in total. The van der Waals surface area contributed by atoms with E-state index in [1.807, 2.05) is 19.9 Å². The summed E-state index contributed by atoms with van der Waals surface area (Å²) >= 11 is 5.14. The number of aromatic amines is 1. The van der Waals surface area contributed by atoms with Crippen LogP contribution in [0, 0.1) is 4.64 Å². The van der Waals surface area contributed by atoms with Crippen molar-refractivity contribution in [1.29, 1.82) is 0 Å². The van der Waals surface area contributed by atoms with Gasteiger partial charge in [-0.1, -0.05) is 26.1 Å². The van der Waals surface area contributed by atoms with Crippen LogP contribution in [0.25, 0.3) is 0 Å². The number of nitrogens with one attached hydrogen (secondary N) is 1. The normalized spacial score (nSPS) is 12.1. The molecule has 0 aliphatic carbocycles. The molecule has 1 aromatic heterocycles. The minimum absolute atomic E-state index is 0.404. The lowest BCUT2D eigenvalue weighted by Crippen LogP contribution is -2.23. The van der Waals surface area contributed by atoms with E-state index in [1.165, 1.54) is 0 Å². The molecule has 15 heavy (non-hydrogen) atoms. The van der Waals surface area contributed by atoms with Crippen LogP contribution in [0.1, 0.15) is 45.1 Å². The second-order valence-corrected chi connectivity index (χ2v) is 4.81. The van der Waals surface area contributed by atoms with E-state index < -0.39 is 5.60 Å². The molecule has 1 rings (SSSR count). The molecule has 0 radical (unpaired) electrons. The third-order valence-corrected chi connectivity index (χ3v) is 2.68. The first-order valence-corrected chi connectivity index (χ1v) is 5.44. The van der Waals surface area contributed by atoms with Gasteiger partial charge in [0, 0.05) is 12.8 Å². The van der Waals surface area contributed by atoms with Gasteiger partial charge in [-0.15, -0.1) is 0 Å². The molecule has 0 bridgehead atoms. The second kappa shape index (κ2) is 4.41. The molecule has 0 atom stereocenters. The number of hydrogen-bond donors (Lipinski definition) is 1. The highest BCUT2D eigenvalue weighted by atomic mass is 32.1. The van der Waals surface area contributed by atoms with Gasteiger partial charge in [0.15, 0.2) is 0 Å². The molecule has 0 amide bonds. The number of H-pyrrole nitrogens is 1. The Morgan fingerprint density at radius 2 is 2.07 bits per heavy atom. The zero-order chi connectivity index (χ0) is 11.6. The second-order valence-electron chi connectivity index (χ2n) is 4.39. The van der Waals surface area contributed by atoms with Gasteiger partial charge in [0.2, 0.25) is 0 Å². The fourth-order valence-corrected chi connectivity index (χ4v) is 1.39. The molecule has 1 N–H and O–H groups in total. The van der Waals surface area contributed by atoms with Gasteiger partial charge < -0.3 is 9.72 Å². The van der Waals surface area contributed by atoms with E-state index in [4.69, 9.17) is 17.0 Å². The van der Waals surface area contributed by atoms with Crippen LogP contribution in [0.15, 0.2) is 6.07 Å². The summed E-state index contributed by atoms with van der Waals surface area (Å²) in [6.07, 6.45) is 0. The van der Waals surface area contributed by atoms with Crippen LogP contribution in [0.2, 0.25) is 0 Å². The molecule has 0 fully saturated rings. The Kier molecular flexibility index (Phi) is 3.62. The van der Waals surface area contributed by atoms with E-state index in [0.29, 0.717) is 10.6 Å². The predicted molar refractivity (Wildman–Crippen MR) is 63.5 cm³/mol. The van der Waals surface area contributed by atoms with Gasteiger partial charge in [-0.05, 0) is 25.8 Å². The van der Waals surface area contributed by atoms with Crippen molar-refractivity contribution in [2.45, 2.75) is 39.2 Å². The Morgan fingerprint density at radius 3 is 2.53 bits per heavy atom. The highest BCUT2D eigenvalue weighted by Crippen LogP contribution is 2.21. The van der Waals surface area contributed by atoms with Crippen molar-refractivity contribution >= 4 is 12.2 Å². The third kappa shape index (κ3) is 2.86. The van der Waals surface area contributed by atoms with Crippen molar-refractivity contribution in [3.05, 3.63) is 22.2 Å². The largest absolute Gasteiger partial charge is 0.371 e. The van der Waals surface area contributed by atoms with E-state index in [-0.39, 0.29) is 0 Å². The minimum Gasteiger partial charge on any atom is -0.371 e. The first-order valence-electron chi connectivity index (χ1n) is 5.03. The monoisotopic (exact) mass is 226 g/mol. The maximum atomic E-state index is 5.37. The van der Waals surface area contributed by atoms with E-state index in [0.717, 1.165) is 11.5 Å². The highest BCUT2D eigenvalue weighted by molar-refractivity contribution is 7.71. The first kappa shape index (κ1) is 12.3. The zero-order valence-corrected chi connectivity index (χ0v) is 10.7. The molecular formula is C11H18N2OS. The Hall–Kier alpha value is -0.740. The third-order valence-electron chi connectivity index (χ3n) is 2.47. The number of methoxy groups -OCH3 is 1. The summed E-state index contributed by atoms with van der Waals surface area (Å²) in [7, 11) is 1.67. The Morgan fingerprint density at radius 1 is 1.47 bits per heavy atom. The Balaban J connectivity index is 3.27. The first-order chi connectivity index (χ1) is 6.86.